The van der Waals surface area contributed by atoms with Gasteiger partial charge in [-0.25, -0.2) is 0 Å². The van der Waals surface area contributed by atoms with Crippen LogP contribution in [0.1, 0.15) is 86.0 Å². The molecule has 0 spiro atoms. The lowest BCUT2D eigenvalue weighted by Crippen LogP contribution is -2.63. The molecule has 4 aliphatic carbocycles. The number of hydrogen-bond acceptors (Lipinski definition) is 8. The number of fused-ring (bicyclic) bond motifs is 5. The lowest BCUT2D eigenvalue weighted by Gasteiger charge is -2.62. The van der Waals surface area contributed by atoms with Crippen LogP contribution in [0.3, 0.4) is 0 Å². The Hall–Kier alpha value is -2.42. The number of aliphatic hydroxyl groups is 1. The van der Waals surface area contributed by atoms with Gasteiger partial charge >= 0.3 is 23.9 Å². The second kappa shape index (κ2) is 9.71. The molecule has 0 aromatic carbocycles. The highest BCUT2D eigenvalue weighted by molar-refractivity contribution is 5.68. The van der Waals surface area contributed by atoms with Crippen LogP contribution in [0.4, 0.5) is 0 Å². The Kier molecular flexibility index (Phi) is 7.25. The van der Waals surface area contributed by atoms with Gasteiger partial charge in [-0.2, -0.15) is 0 Å². The summed E-state index contributed by atoms with van der Waals surface area (Å²) in [6, 6.07) is 0. The van der Waals surface area contributed by atoms with Gasteiger partial charge in [0.25, 0.3) is 0 Å². The first-order valence-electron chi connectivity index (χ1n) is 13.4. The maximum Gasteiger partial charge on any atom is 0.303 e. The Morgan fingerprint density at radius 3 is 2.22 bits per heavy atom. The Labute approximate surface area is 217 Å². The van der Waals surface area contributed by atoms with Crippen LogP contribution in [-0.4, -0.2) is 58.0 Å². The molecule has 0 unspecified atom stereocenters. The number of hydrogen-bond donors (Lipinski definition) is 2. The lowest BCUT2D eigenvalue weighted by atomic mass is 9.45. The molecule has 0 aromatic rings. The van der Waals surface area contributed by atoms with Gasteiger partial charge in [-0.05, 0) is 55.9 Å². The van der Waals surface area contributed by atoms with E-state index in [1.54, 1.807) is 0 Å². The van der Waals surface area contributed by atoms with Gasteiger partial charge in [0, 0.05) is 50.9 Å². The number of esters is 3. The van der Waals surface area contributed by atoms with Crippen LogP contribution in [0.5, 0.6) is 0 Å². The van der Waals surface area contributed by atoms with Crippen LogP contribution in [0.15, 0.2) is 11.6 Å². The normalized spacial score (nSPS) is 42.4. The molecule has 0 aliphatic heterocycles. The number of ether oxygens (including phenoxy) is 3. The van der Waals surface area contributed by atoms with Crippen molar-refractivity contribution >= 4 is 23.9 Å². The minimum absolute atomic E-state index is 0.0618. The quantitative estimate of drug-likeness (QED) is 0.306. The van der Waals surface area contributed by atoms with E-state index in [0.717, 1.165) is 12.0 Å². The zero-order chi connectivity index (χ0) is 27.3. The van der Waals surface area contributed by atoms with Crippen molar-refractivity contribution < 1.29 is 43.6 Å². The number of carboxylic acids is 1. The number of aliphatic carboxylic acids is 1. The smallest absolute Gasteiger partial charge is 0.303 e. The van der Waals surface area contributed by atoms with Crippen LogP contribution < -0.4 is 0 Å². The molecule has 9 atom stereocenters. The topological polar surface area (TPSA) is 136 Å². The average molecular weight is 521 g/mol. The van der Waals surface area contributed by atoms with Gasteiger partial charge in [-0.3, -0.25) is 19.2 Å². The summed E-state index contributed by atoms with van der Waals surface area (Å²) in [5.41, 5.74) is -1.30. The van der Waals surface area contributed by atoms with Crippen molar-refractivity contribution in [3.63, 3.8) is 0 Å². The maximum absolute atomic E-state index is 12.3. The highest BCUT2D eigenvalue weighted by Gasteiger charge is 2.69. The number of carboxylic acid groups (broad SMARTS) is 1. The Morgan fingerprint density at radius 1 is 0.973 bits per heavy atom. The van der Waals surface area contributed by atoms with Crippen molar-refractivity contribution in [2.45, 2.75) is 110 Å². The number of carbonyl (C=O) groups excluding carboxylic acids is 3. The van der Waals surface area contributed by atoms with E-state index < -0.39 is 41.1 Å². The zero-order valence-electron chi connectivity index (χ0n) is 22.5. The fourth-order valence-electron chi connectivity index (χ4n) is 8.46. The lowest BCUT2D eigenvalue weighted by molar-refractivity contribution is -0.208. The Balaban J connectivity index is 1.81. The predicted molar refractivity (Wildman–Crippen MR) is 131 cm³/mol. The minimum atomic E-state index is -1.24. The van der Waals surface area contributed by atoms with Crippen LogP contribution in [-0.2, 0) is 33.4 Å². The molecule has 0 saturated heterocycles. The minimum Gasteiger partial charge on any atom is -0.481 e. The van der Waals surface area contributed by atoms with Crippen molar-refractivity contribution in [1.82, 2.24) is 0 Å². The molecule has 0 amide bonds. The molecule has 2 N–H and O–H groups in total. The van der Waals surface area contributed by atoms with Gasteiger partial charge in [-0.15, -0.1) is 0 Å². The second-order valence-electron chi connectivity index (χ2n) is 12.1. The molecule has 0 radical (unpaired) electrons. The molecule has 206 valence electrons. The van der Waals surface area contributed by atoms with E-state index in [1.807, 2.05) is 13.0 Å². The number of rotatable bonds is 6. The summed E-state index contributed by atoms with van der Waals surface area (Å²) in [7, 11) is 0. The number of carbonyl (C=O) groups is 4. The third-order valence-electron chi connectivity index (χ3n) is 10.0. The second-order valence-corrected chi connectivity index (χ2v) is 12.1. The average Bonchev–Trinajstić information content (AvgIpc) is 3.02. The van der Waals surface area contributed by atoms with E-state index in [-0.39, 0.29) is 48.1 Å². The van der Waals surface area contributed by atoms with Crippen molar-refractivity contribution in [1.29, 1.82) is 0 Å². The highest BCUT2D eigenvalue weighted by Crippen LogP contribution is 2.68. The van der Waals surface area contributed by atoms with Crippen LogP contribution in [0, 0.1) is 28.6 Å². The molecule has 9 heteroatoms. The maximum atomic E-state index is 12.3. The molecule has 3 fully saturated rings. The fourth-order valence-corrected chi connectivity index (χ4v) is 8.46. The summed E-state index contributed by atoms with van der Waals surface area (Å²) in [6.07, 6.45) is 3.97. The van der Waals surface area contributed by atoms with Gasteiger partial charge in [0.2, 0.25) is 0 Å². The van der Waals surface area contributed by atoms with Crippen LogP contribution in [0.2, 0.25) is 0 Å². The third kappa shape index (κ3) is 4.79. The van der Waals surface area contributed by atoms with Crippen LogP contribution in [0.25, 0.3) is 0 Å². The highest BCUT2D eigenvalue weighted by atomic mass is 16.6. The van der Waals surface area contributed by atoms with Crippen molar-refractivity contribution in [3.8, 4) is 0 Å². The first kappa shape index (κ1) is 27.6. The Bertz CT molecular complexity index is 1000. The summed E-state index contributed by atoms with van der Waals surface area (Å²) >= 11 is 0. The Morgan fingerprint density at radius 2 is 1.62 bits per heavy atom. The standard InChI is InChI=1S/C28H40O9/c1-15(29)35-19-6-9-26(4)18(12-19)13-21(36-16(2)30)24-20-7-10-28(34,11-8-23(32)33)27(20,5)14-22(25(24)26)37-17(3)31/h13,19-22,24-25,34H,6-12,14H2,1-5H3,(H,32,33)/t19-,20-,21-,22+,24+,25-,26-,27-,28+/m0/s1. The van der Waals surface area contributed by atoms with E-state index in [0.29, 0.717) is 32.1 Å². The van der Waals surface area contributed by atoms with Gasteiger partial charge in [0.05, 0.1) is 5.60 Å². The monoisotopic (exact) mass is 520 g/mol. The SMILES string of the molecule is CC(=O)O[C@H]1CC[C@@]2(C)C(=C[C@H](OC(C)=O)[C@@H]3[C@@H]2[C@H](OC(C)=O)C[C@@]2(C)[C@H]3CC[C@@]2(O)CCC(=O)O)C1. The molecule has 4 aliphatic rings. The largest absolute Gasteiger partial charge is 0.481 e. The van der Waals surface area contributed by atoms with E-state index >= 15 is 0 Å². The summed E-state index contributed by atoms with van der Waals surface area (Å²) in [5, 5.41) is 21.2. The molecule has 0 heterocycles. The van der Waals surface area contributed by atoms with Gasteiger partial charge in [-0.1, -0.05) is 19.4 Å². The summed E-state index contributed by atoms with van der Waals surface area (Å²) in [6.45, 7) is 8.27. The van der Waals surface area contributed by atoms with Crippen molar-refractivity contribution in [2.75, 3.05) is 0 Å². The molecule has 0 aromatic heterocycles. The summed E-state index contributed by atoms with van der Waals surface area (Å²) < 4.78 is 17.4. The fraction of sp³-hybridized carbons (Fsp3) is 0.786. The molecular formula is C28H40O9. The predicted octanol–water partition coefficient (Wildman–Crippen LogP) is 3.56. The van der Waals surface area contributed by atoms with Gasteiger partial charge in [0.1, 0.15) is 18.3 Å². The van der Waals surface area contributed by atoms with Crippen molar-refractivity contribution in [3.05, 3.63) is 11.6 Å². The summed E-state index contributed by atoms with van der Waals surface area (Å²) in [4.78, 5) is 47.6. The third-order valence-corrected chi connectivity index (χ3v) is 10.0. The molecular weight excluding hydrogens is 480 g/mol. The van der Waals surface area contributed by atoms with Gasteiger partial charge in [0.15, 0.2) is 0 Å². The van der Waals surface area contributed by atoms with Gasteiger partial charge < -0.3 is 24.4 Å². The molecule has 9 nitrogen and oxygen atoms in total. The van der Waals surface area contributed by atoms with E-state index in [2.05, 4.69) is 6.92 Å². The van der Waals surface area contributed by atoms with E-state index in [1.165, 1.54) is 20.8 Å². The molecule has 0 bridgehead atoms. The first-order chi connectivity index (χ1) is 17.2. The molecule has 37 heavy (non-hydrogen) atoms. The zero-order valence-corrected chi connectivity index (χ0v) is 22.5. The van der Waals surface area contributed by atoms with E-state index in [9.17, 15) is 29.4 Å². The molecule has 4 rings (SSSR count). The van der Waals surface area contributed by atoms with Crippen molar-refractivity contribution in [2.24, 2.45) is 28.6 Å². The van der Waals surface area contributed by atoms with Crippen LogP contribution >= 0.6 is 0 Å². The summed E-state index contributed by atoms with van der Waals surface area (Å²) in [5.74, 6) is -2.60. The molecule has 3 saturated carbocycles. The van der Waals surface area contributed by atoms with E-state index in [4.69, 9.17) is 14.2 Å². The first-order valence-corrected chi connectivity index (χ1v) is 13.4.